The van der Waals surface area contributed by atoms with Gasteiger partial charge in [0.2, 0.25) is 0 Å². The second-order valence-corrected chi connectivity index (χ2v) is 6.38. The van der Waals surface area contributed by atoms with Crippen LogP contribution in [0.2, 0.25) is 0 Å². The zero-order valence-electron chi connectivity index (χ0n) is 6.50. The molecule has 3 nitrogen and oxygen atoms in total. The van der Waals surface area contributed by atoms with Crippen LogP contribution in [0, 0.1) is 0 Å². The van der Waals surface area contributed by atoms with Gasteiger partial charge in [-0.2, -0.15) is 8.42 Å². The van der Waals surface area contributed by atoms with E-state index in [9.17, 15) is 8.42 Å². The molecule has 1 aliphatic rings. The Hall–Kier alpha value is 0.190. The second-order valence-electron chi connectivity index (χ2n) is 2.69. The highest BCUT2D eigenvalue weighted by Gasteiger charge is 2.46. The highest BCUT2D eigenvalue weighted by molar-refractivity contribution is 9.10. The third-order valence-corrected chi connectivity index (χ3v) is 4.32. The summed E-state index contributed by atoms with van der Waals surface area (Å²) in [4.78, 5) is -0.00289. The minimum absolute atomic E-state index is 0.00289. The molecule has 0 spiro atoms. The van der Waals surface area contributed by atoms with E-state index in [1.807, 2.05) is 0 Å². The first kappa shape index (κ1) is 10.7. The molecule has 0 aromatic heterocycles. The molecule has 14 heavy (non-hydrogen) atoms. The third-order valence-electron chi connectivity index (χ3n) is 1.74. The van der Waals surface area contributed by atoms with Gasteiger partial charge in [-0.25, -0.2) is 4.18 Å². The van der Waals surface area contributed by atoms with Crippen LogP contribution in [0.5, 0.6) is 0 Å². The van der Waals surface area contributed by atoms with E-state index in [1.54, 1.807) is 6.07 Å². The van der Waals surface area contributed by atoms with Gasteiger partial charge in [0.1, 0.15) is 4.90 Å². The lowest BCUT2D eigenvalue weighted by Gasteiger charge is -2.09. The van der Waals surface area contributed by atoms with Crippen LogP contribution < -0.4 is 0 Å². The summed E-state index contributed by atoms with van der Waals surface area (Å²) in [6.45, 7) is 0. The van der Waals surface area contributed by atoms with Crippen molar-refractivity contribution in [2.45, 2.75) is 9.41 Å². The maximum Gasteiger partial charge on any atom is 0.300 e. The van der Waals surface area contributed by atoms with Crippen LogP contribution in [0.4, 0.5) is 0 Å². The van der Waals surface area contributed by atoms with E-state index in [1.165, 1.54) is 12.1 Å². The van der Waals surface area contributed by atoms with Crippen LogP contribution >= 0.6 is 39.1 Å². The Morgan fingerprint density at radius 2 is 2.00 bits per heavy atom. The second kappa shape index (κ2) is 3.09. The van der Waals surface area contributed by atoms with E-state index >= 15 is 0 Å². The SMILES string of the molecule is O=S1(=O)OC(Cl)(Cl)c2ccc(Br)cc21. The van der Waals surface area contributed by atoms with Gasteiger partial charge in [0, 0.05) is 10.0 Å². The summed E-state index contributed by atoms with van der Waals surface area (Å²) >= 11 is 14.5. The number of rotatable bonds is 0. The van der Waals surface area contributed by atoms with E-state index in [0.717, 1.165) is 0 Å². The highest BCUT2D eigenvalue weighted by Crippen LogP contribution is 2.47. The van der Waals surface area contributed by atoms with Crippen LogP contribution in [0.25, 0.3) is 0 Å². The van der Waals surface area contributed by atoms with Crippen molar-refractivity contribution in [2.75, 3.05) is 0 Å². The fourth-order valence-electron chi connectivity index (χ4n) is 1.17. The molecule has 1 heterocycles. The summed E-state index contributed by atoms with van der Waals surface area (Å²) in [5.74, 6) is 0. The van der Waals surface area contributed by atoms with Crippen molar-refractivity contribution < 1.29 is 12.6 Å². The Morgan fingerprint density at radius 1 is 1.36 bits per heavy atom. The third kappa shape index (κ3) is 1.57. The Morgan fingerprint density at radius 3 is 2.64 bits per heavy atom. The number of fused-ring (bicyclic) bond motifs is 1. The molecule has 0 aliphatic carbocycles. The largest absolute Gasteiger partial charge is 0.300 e. The van der Waals surface area contributed by atoms with Crippen LogP contribution in [0.1, 0.15) is 5.56 Å². The molecule has 0 amide bonds. The smallest absolute Gasteiger partial charge is 0.223 e. The number of halogens is 3. The first-order valence-electron chi connectivity index (χ1n) is 3.46. The van der Waals surface area contributed by atoms with Crippen molar-refractivity contribution in [3.8, 4) is 0 Å². The van der Waals surface area contributed by atoms with Gasteiger partial charge >= 0.3 is 10.1 Å². The molecule has 0 bridgehead atoms. The minimum Gasteiger partial charge on any atom is -0.223 e. The molecule has 0 saturated carbocycles. The van der Waals surface area contributed by atoms with Crippen molar-refractivity contribution >= 4 is 49.2 Å². The van der Waals surface area contributed by atoms with Crippen molar-refractivity contribution in [2.24, 2.45) is 0 Å². The van der Waals surface area contributed by atoms with Gasteiger partial charge in [0.15, 0.2) is 0 Å². The predicted octanol–water partition coefficient (Wildman–Crippen LogP) is 2.76. The fraction of sp³-hybridized carbons (Fsp3) is 0.143. The predicted molar refractivity (Wildman–Crippen MR) is 55.8 cm³/mol. The average molecular weight is 318 g/mol. The molecule has 0 unspecified atom stereocenters. The summed E-state index contributed by atoms with van der Waals surface area (Å²) in [6.07, 6.45) is 0. The zero-order valence-corrected chi connectivity index (χ0v) is 10.4. The number of hydrogen-bond donors (Lipinski definition) is 0. The Bertz CT molecular complexity index is 498. The minimum atomic E-state index is -3.83. The van der Waals surface area contributed by atoms with Crippen LogP contribution in [-0.2, 0) is 18.8 Å². The quantitative estimate of drug-likeness (QED) is 0.546. The van der Waals surface area contributed by atoms with Crippen LogP contribution in [0.3, 0.4) is 0 Å². The molecule has 1 aliphatic heterocycles. The number of benzene rings is 1. The summed E-state index contributed by atoms with van der Waals surface area (Å²) in [6, 6.07) is 4.55. The molecule has 0 radical (unpaired) electrons. The first-order valence-corrected chi connectivity index (χ1v) is 6.42. The lowest BCUT2D eigenvalue weighted by Crippen LogP contribution is -2.09. The van der Waals surface area contributed by atoms with Crippen LogP contribution in [-0.4, -0.2) is 8.42 Å². The van der Waals surface area contributed by atoms with Crippen molar-refractivity contribution in [1.82, 2.24) is 0 Å². The van der Waals surface area contributed by atoms with E-state index in [4.69, 9.17) is 23.2 Å². The summed E-state index contributed by atoms with van der Waals surface area (Å²) in [5.41, 5.74) is 0.240. The highest BCUT2D eigenvalue weighted by atomic mass is 79.9. The zero-order chi connectivity index (χ0) is 10.6. The normalized spacial score (nSPS) is 21.9. The number of hydrogen-bond acceptors (Lipinski definition) is 3. The fourth-order valence-corrected chi connectivity index (χ4v) is 3.83. The van der Waals surface area contributed by atoms with Gasteiger partial charge in [-0.1, -0.05) is 45.2 Å². The summed E-state index contributed by atoms with van der Waals surface area (Å²) < 4.78 is 26.2. The van der Waals surface area contributed by atoms with E-state index < -0.39 is 14.6 Å². The van der Waals surface area contributed by atoms with Gasteiger partial charge in [0.05, 0.1) is 0 Å². The van der Waals surface area contributed by atoms with E-state index in [0.29, 0.717) is 4.47 Å². The van der Waals surface area contributed by atoms with Gasteiger partial charge in [0.25, 0.3) is 4.52 Å². The Labute approximate surface area is 99.2 Å². The molecule has 0 fully saturated rings. The lowest BCUT2D eigenvalue weighted by atomic mass is 10.2. The van der Waals surface area contributed by atoms with Crippen molar-refractivity contribution in [3.05, 3.63) is 28.2 Å². The molecule has 1 aromatic rings. The molecule has 0 atom stereocenters. The molecular weight excluding hydrogens is 315 g/mol. The molecule has 7 heteroatoms. The maximum absolute atomic E-state index is 11.4. The number of alkyl halides is 2. The topological polar surface area (TPSA) is 43.4 Å². The summed E-state index contributed by atoms with van der Waals surface area (Å²) in [5, 5.41) is 0. The molecule has 0 saturated heterocycles. The van der Waals surface area contributed by atoms with Gasteiger partial charge in [-0.05, 0) is 12.1 Å². The van der Waals surface area contributed by atoms with Gasteiger partial charge < -0.3 is 0 Å². The van der Waals surface area contributed by atoms with Crippen molar-refractivity contribution in [3.63, 3.8) is 0 Å². The monoisotopic (exact) mass is 316 g/mol. The van der Waals surface area contributed by atoms with E-state index in [-0.39, 0.29) is 10.5 Å². The molecular formula is C7H3BrCl2O3S. The van der Waals surface area contributed by atoms with E-state index in [2.05, 4.69) is 20.1 Å². The molecule has 0 N–H and O–H groups in total. The molecule has 1 aromatic carbocycles. The first-order chi connectivity index (χ1) is 6.33. The Kier molecular flexibility index (Phi) is 2.36. The maximum atomic E-state index is 11.4. The molecule has 2 rings (SSSR count). The standard InChI is InChI=1S/C7H3BrCl2O3S/c8-4-1-2-5-6(3-4)14(11,12)13-7(5,9)10/h1-3H. The van der Waals surface area contributed by atoms with Gasteiger partial charge in [-0.15, -0.1) is 0 Å². The lowest BCUT2D eigenvalue weighted by molar-refractivity contribution is 0.271. The Balaban J connectivity index is 2.79. The summed E-state index contributed by atoms with van der Waals surface area (Å²) in [7, 11) is -3.83. The molecule has 76 valence electrons. The van der Waals surface area contributed by atoms with Gasteiger partial charge in [-0.3, -0.25) is 0 Å². The van der Waals surface area contributed by atoms with Crippen molar-refractivity contribution in [1.29, 1.82) is 0 Å². The average Bonchev–Trinajstić information content (AvgIpc) is 2.17. The van der Waals surface area contributed by atoms with Crippen LogP contribution in [0.15, 0.2) is 27.6 Å².